The summed E-state index contributed by atoms with van der Waals surface area (Å²) in [5.74, 6) is -0.990. The molecule has 0 heterocycles. The van der Waals surface area contributed by atoms with E-state index in [4.69, 9.17) is 18.9 Å². The van der Waals surface area contributed by atoms with E-state index in [9.17, 15) is 19.2 Å². The van der Waals surface area contributed by atoms with Crippen LogP contribution in [0.1, 0.15) is 91.5 Å². The molecule has 0 aliphatic rings. The van der Waals surface area contributed by atoms with Gasteiger partial charge in [-0.25, -0.2) is 0 Å². The number of rotatable bonds is 19. The molecule has 220 valence electrons. The van der Waals surface area contributed by atoms with Crippen molar-refractivity contribution in [2.45, 2.75) is 98.4 Å². The summed E-state index contributed by atoms with van der Waals surface area (Å²) in [5, 5.41) is 3.07. The molecule has 0 amide bonds. The van der Waals surface area contributed by atoms with Gasteiger partial charge in [-0.05, 0) is 42.4 Å². The first kappa shape index (κ1) is 34.1. The molecule has 0 radical (unpaired) electrons. The van der Waals surface area contributed by atoms with Crippen molar-refractivity contribution in [3.63, 3.8) is 0 Å². The second-order valence-corrected chi connectivity index (χ2v) is 10.1. The predicted octanol–water partition coefficient (Wildman–Crippen LogP) is 5.17. The standard InChI is InChI=1S/C30H47NO8/c1-7-10-11-12-27(32)37-16-15-31-24(30(35)36-6)19-23-13-14-25(38-28(33)17-21(4)8-2)26(20-23)39-29(34)18-22(5)9-3/h13-14,20-22,24,31H,7-12,15-19H2,1-6H3/t21?,22?,24-/m0/s1. The number of nitrogens with one attached hydrogen (secondary N) is 1. The first-order valence-electron chi connectivity index (χ1n) is 14.1. The third-order valence-electron chi connectivity index (χ3n) is 6.55. The molecule has 9 nitrogen and oxygen atoms in total. The highest BCUT2D eigenvalue weighted by Crippen LogP contribution is 2.31. The number of benzene rings is 1. The summed E-state index contributed by atoms with van der Waals surface area (Å²) in [4.78, 5) is 49.2. The molecule has 1 aromatic rings. The van der Waals surface area contributed by atoms with Gasteiger partial charge >= 0.3 is 23.9 Å². The van der Waals surface area contributed by atoms with Gasteiger partial charge in [-0.15, -0.1) is 0 Å². The molecule has 1 rings (SSSR count). The maximum Gasteiger partial charge on any atom is 0.323 e. The molecule has 9 heteroatoms. The molecule has 1 aromatic carbocycles. The Balaban J connectivity index is 2.96. The van der Waals surface area contributed by atoms with Gasteiger partial charge in [0.2, 0.25) is 0 Å². The number of hydrogen-bond acceptors (Lipinski definition) is 9. The fourth-order valence-corrected chi connectivity index (χ4v) is 3.64. The van der Waals surface area contributed by atoms with Crippen LogP contribution >= 0.6 is 0 Å². The summed E-state index contributed by atoms with van der Waals surface area (Å²) >= 11 is 0. The van der Waals surface area contributed by atoms with Crippen molar-refractivity contribution in [3.8, 4) is 11.5 Å². The number of unbranched alkanes of at least 4 members (excludes halogenated alkanes) is 2. The van der Waals surface area contributed by atoms with Crippen molar-refractivity contribution in [1.29, 1.82) is 0 Å². The average molecular weight is 550 g/mol. The molecule has 0 bridgehead atoms. The van der Waals surface area contributed by atoms with Crippen LogP contribution in [0.15, 0.2) is 18.2 Å². The van der Waals surface area contributed by atoms with Gasteiger partial charge in [0, 0.05) is 25.8 Å². The quantitative estimate of drug-likeness (QED) is 0.142. The summed E-state index contributed by atoms with van der Waals surface area (Å²) in [6.07, 6.45) is 5.52. The normalized spacial score (nSPS) is 13.2. The fraction of sp³-hybridized carbons (Fsp3) is 0.667. The van der Waals surface area contributed by atoms with E-state index in [0.29, 0.717) is 12.0 Å². The molecule has 0 spiro atoms. The highest BCUT2D eigenvalue weighted by molar-refractivity contribution is 5.77. The van der Waals surface area contributed by atoms with Crippen LogP contribution in [0.25, 0.3) is 0 Å². The molecular formula is C30H47NO8. The van der Waals surface area contributed by atoms with Gasteiger partial charge in [-0.1, -0.05) is 66.4 Å². The number of carbonyl (C=O) groups is 4. The van der Waals surface area contributed by atoms with E-state index in [0.717, 1.165) is 32.1 Å². The van der Waals surface area contributed by atoms with Crippen molar-refractivity contribution in [3.05, 3.63) is 23.8 Å². The number of esters is 4. The molecule has 0 saturated carbocycles. The Morgan fingerprint density at radius 1 is 0.846 bits per heavy atom. The topological polar surface area (TPSA) is 117 Å². The summed E-state index contributed by atoms with van der Waals surface area (Å²) in [6, 6.07) is 4.16. The average Bonchev–Trinajstić information content (AvgIpc) is 2.91. The Kier molecular flexibility index (Phi) is 16.8. The number of carbonyl (C=O) groups excluding carboxylic acids is 4. The molecular weight excluding hydrogens is 502 g/mol. The second-order valence-electron chi connectivity index (χ2n) is 10.1. The lowest BCUT2D eigenvalue weighted by Gasteiger charge is -2.18. The van der Waals surface area contributed by atoms with Gasteiger partial charge in [0.05, 0.1) is 7.11 Å². The monoisotopic (exact) mass is 549 g/mol. The first-order valence-corrected chi connectivity index (χ1v) is 14.1. The van der Waals surface area contributed by atoms with Crippen LogP contribution < -0.4 is 14.8 Å². The summed E-state index contributed by atoms with van der Waals surface area (Å²) in [6.45, 7) is 10.4. The van der Waals surface area contributed by atoms with Crippen LogP contribution in [0.3, 0.4) is 0 Å². The lowest BCUT2D eigenvalue weighted by molar-refractivity contribution is -0.144. The Labute approximate surface area is 233 Å². The summed E-state index contributed by atoms with van der Waals surface area (Å²) in [5.41, 5.74) is 0.669. The molecule has 3 atom stereocenters. The SMILES string of the molecule is CCCCCC(=O)OCCN[C@@H](Cc1ccc(OC(=O)CC(C)CC)c(OC(=O)CC(C)CC)c1)C(=O)OC. The van der Waals surface area contributed by atoms with Gasteiger partial charge < -0.3 is 24.3 Å². The molecule has 0 aliphatic heterocycles. The van der Waals surface area contributed by atoms with E-state index in [-0.39, 0.29) is 61.7 Å². The van der Waals surface area contributed by atoms with Gasteiger partial charge in [0.1, 0.15) is 12.6 Å². The predicted molar refractivity (Wildman–Crippen MR) is 148 cm³/mol. The third-order valence-corrected chi connectivity index (χ3v) is 6.55. The largest absolute Gasteiger partial charge is 0.468 e. The molecule has 0 saturated heterocycles. The van der Waals surface area contributed by atoms with Crippen molar-refractivity contribution in [2.75, 3.05) is 20.3 Å². The van der Waals surface area contributed by atoms with Crippen LogP contribution in [0, 0.1) is 11.8 Å². The van der Waals surface area contributed by atoms with Gasteiger partial charge in [0.25, 0.3) is 0 Å². The van der Waals surface area contributed by atoms with Crippen LogP contribution in [-0.2, 0) is 35.1 Å². The zero-order chi connectivity index (χ0) is 29.2. The third kappa shape index (κ3) is 14.1. The Hall–Kier alpha value is -2.94. The van der Waals surface area contributed by atoms with Crippen molar-refractivity contribution in [2.24, 2.45) is 11.8 Å². The van der Waals surface area contributed by atoms with Crippen molar-refractivity contribution < 1.29 is 38.1 Å². The minimum atomic E-state index is -0.726. The van der Waals surface area contributed by atoms with Crippen molar-refractivity contribution >= 4 is 23.9 Å². The summed E-state index contributed by atoms with van der Waals surface area (Å²) in [7, 11) is 1.30. The first-order chi connectivity index (χ1) is 18.6. The highest BCUT2D eigenvalue weighted by atomic mass is 16.6. The Morgan fingerprint density at radius 2 is 1.46 bits per heavy atom. The lowest BCUT2D eigenvalue weighted by atomic mass is 10.0. The Bertz CT molecular complexity index is 916. The second kappa shape index (κ2) is 19.2. The highest BCUT2D eigenvalue weighted by Gasteiger charge is 2.22. The Morgan fingerprint density at radius 3 is 2.03 bits per heavy atom. The van der Waals surface area contributed by atoms with E-state index in [1.54, 1.807) is 18.2 Å². The molecule has 0 aliphatic carbocycles. The van der Waals surface area contributed by atoms with Crippen LogP contribution in [-0.4, -0.2) is 50.2 Å². The van der Waals surface area contributed by atoms with E-state index in [2.05, 4.69) is 12.2 Å². The lowest BCUT2D eigenvalue weighted by Crippen LogP contribution is -2.41. The van der Waals surface area contributed by atoms with E-state index in [1.165, 1.54) is 7.11 Å². The minimum Gasteiger partial charge on any atom is -0.468 e. The molecule has 0 aromatic heterocycles. The van der Waals surface area contributed by atoms with Gasteiger partial charge in [-0.2, -0.15) is 0 Å². The molecule has 1 N–H and O–H groups in total. The van der Waals surface area contributed by atoms with Crippen LogP contribution in [0.4, 0.5) is 0 Å². The molecule has 39 heavy (non-hydrogen) atoms. The van der Waals surface area contributed by atoms with E-state index in [1.807, 2.05) is 27.7 Å². The maximum absolute atomic E-state index is 12.6. The summed E-state index contributed by atoms with van der Waals surface area (Å²) < 4.78 is 21.3. The zero-order valence-electron chi connectivity index (χ0n) is 24.5. The van der Waals surface area contributed by atoms with Crippen LogP contribution in [0.2, 0.25) is 0 Å². The minimum absolute atomic E-state index is 0.127. The maximum atomic E-state index is 12.6. The van der Waals surface area contributed by atoms with Gasteiger partial charge in [0.15, 0.2) is 11.5 Å². The fourth-order valence-electron chi connectivity index (χ4n) is 3.64. The van der Waals surface area contributed by atoms with Crippen LogP contribution in [0.5, 0.6) is 11.5 Å². The van der Waals surface area contributed by atoms with Gasteiger partial charge in [-0.3, -0.25) is 19.2 Å². The van der Waals surface area contributed by atoms with E-state index >= 15 is 0 Å². The number of ether oxygens (including phenoxy) is 4. The van der Waals surface area contributed by atoms with Crippen molar-refractivity contribution in [1.82, 2.24) is 5.32 Å². The molecule has 2 unspecified atom stereocenters. The zero-order valence-corrected chi connectivity index (χ0v) is 24.5. The van der Waals surface area contributed by atoms with E-state index < -0.39 is 23.9 Å². The molecule has 0 fully saturated rings. The number of hydrogen-bond donors (Lipinski definition) is 1. The smallest absolute Gasteiger partial charge is 0.323 e. The number of methoxy groups -OCH3 is 1.